The van der Waals surface area contributed by atoms with E-state index in [1.165, 1.54) is 5.56 Å². The van der Waals surface area contributed by atoms with Crippen LogP contribution in [0.25, 0.3) is 5.69 Å². The lowest BCUT2D eigenvalue weighted by Gasteiger charge is -2.10. The number of carbonyl (C=O) groups is 2. The summed E-state index contributed by atoms with van der Waals surface area (Å²) in [5.74, 6) is -1.58. The number of hydrazone groups is 1. The first kappa shape index (κ1) is 20.0. The van der Waals surface area contributed by atoms with Crippen molar-refractivity contribution >= 4 is 18.0 Å². The van der Waals surface area contributed by atoms with Gasteiger partial charge in [0.05, 0.1) is 6.21 Å². The fourth-order valence-corrected chi connectivity index (χ4v) is 3.06. The van der Waals surface area contributed by atoms with Crippen LogP contribution in [0.4, 0.5) is 0 Å². The summed E-state index contributed by atoms with van der Waals surface area (Å²) in [4.78, 5) is 27.7. The first-order chi connectivity index (χ1) is 14.0. The van der Waals surface area contributed by atoms with Crippen LogP contribution in [-0.4, -0.2) is 27.6 Å². The summed E-state index contributed by atoms with van der Waals surface area (Å²) in [5.41, 5.74) is 8.22. The third-order valence-corrected chi connectivity index (χ3v) is 4.48. The van der Waals surface area contributed by atoms with E-state index in [0.29, 0.717) is 0 Å². The predicted molar refractivity (Wildman–Crippen MR) is 112 cm³/mol. The van der Waals surface area contributed by atoms with Crippen molar-refractivity contribution in [3.8, 4) is 5.69 Å². The van der Waals surface area contributed by atoms with Crippen LogP contribution in [0.1, 0.15) is 28.1 Å². The summed E-state index contributed by atoms with van der Waals surface area (Å²) in [6.45, 7) is 6.27. The third-order valence-electron chi connectivity index (χ3n) is 4.48. The molecule has 0 radical (unpaired) electrons. The monoisotopic (exact) mass is 389 g/mol. The number of nitrogens with zero attached hydrogens (tertiary/aromatic N) is 3. The Morgan fingerprint density at radius 2 is 1.93 bits per heavy atom. The maximum Gasteiger partial charge on any atom is 0.329 e. The van der Waals surface area contributed by atoms with Crippen LogP contribution >= 0.6 is 0 Å². The average molecular weight is 389 g/mol. The topological polar surface area (TPSA) is 88.4 Å². The van der Waals surface area contributed by atoms with Gasteiger partial charge in [-0.3, -0.25) is 14.6 Å². The van der Waals surface area contributed by atoms with Gasteiger partial charge in [0.25, 0.3) is 0 Å². The average Bonchev–Trinajstić information content (AvgIpc) is 3.00. The number of benzene rings is 1. The van der Waals surface area contributed by atoms with Crippen molar-refractivity contribution in [2.24, 2.45) is 5.10 Å². The number of rotatable bonds is 5. The Morgan fingerprint density at radius 1 is 1.10 bits per heavy atom. The quantitative estimate of drug-likeness (QED) is 0.399. The van der Waals surface area contributed by atoms with Gasteiger partial charge < -0.3 is 9.88 Å². The molecule has 2 N–H and O–H groups in total. The van der Waals surface area contributed by atoms with Crippen LogP contribution in [0, 0.1) is 20.8 Å². The SMILES string of the molecule is Cc1cccc(-n2c(C)cc(/C=N\NC(=O)C(=O)NCc3cccnc3)c2C)c1. The fraction of sp³-hybridized carbons (Fsp3) is 0.182. The van der Waals surface area contributed by atoms with Gasteiger partial charge in [-0.05, 0) is 56.2 Å². The first-order valence-corrected chi connectivity index (χ1v) is 9.22. The molecule has 0 aliphatic heterocycles. The highest BCUT2D eigenvalue weighted by Gasteiger charge is 2.13. The lowest BCUT2D eigenvalue weighted by molar-refractivity contribution is -0.139. The number of hydrogen-bond donors (Lipinski definition) is 2. The second-order valence-corrected chi connectivity index (χ2v) is 6.74. The molecule has 3 aromatic rings. The van der Waals surface area contributed by atoms with Gasteiger partial charge in [0.1, 0.15) is 0 Å². The van der Waals surface area contributed by atoms with Gasteiger partial charge in [0.15, 0.2) is 0 Å². The highest BCUT2D eigenvalue weighted by Crippen LogP contribution is 2.20. The molecule has 0 atom stereocenters. The number of nitrogens with one attached hydrogen (secondary N) is 2. The standard InChI is InChI=1S/C22H23N5O2/c1-15-6-4-8-20(10-15)27-16(2)11-19(17(27)3)14-25-26-22(29)21(28)24-13-18-7-5-9-23-12-18/h4-12,14H,13H2,1-3H3,(H,24,28)(H,26,29)/b25-14-. The minimum absolute atomic E-state index is 0.224. The fourth-order valence-electron chi connectivity index (χ4n) is 3.06. The van der Waals surface area contributed by atoms with E-state index >= 15 is 0 Å². The third kappa shape index (κ3) is 4.95. The molecule has 3 rings (SSSR count). The van der Waals surface area contributed by atoms with E-state index in [0.717, 1.165) is 28.2 Å². The van der Waals surface area contributed by atoms with Crippen molar-refractivity contribution in [3.05, 3.63) is 82.9 Å². The van der Waals surface area contributed by atoms with Gasteiger partial charge in [0, 0.05) is 41.6 Å². The van der Waals surface area contributed by atoms with Crippen LogP contribution in [0.5, 0.6) is 0 Å². The van der Waals surface area contributed by atoms with Crippen LogP contribution in [0.3, 0.4) is 0 Å². The zero-order chi connectivity index (χ0) is 20.8. The van der Waals surface area contributed by atoms with E-state index in [4.69, 9.17) is 0 Å². The highest BCUT2D eigenvalue weighted by molar-refractivity contribution is 6.35. The van der Waals surface area contributed by atoms with Gasteiger partial charge in [0.2, 0.25) is 0 Å². The number of aryl methyl sites for hydroxylation is 2. The normalized spacial score (nSPS) is 10.9. The summed E-state index contributed by atoms with van der Waals surface area (Å²) < 4.78 is 2.12. The van der Waals surface area contributed by atoms with Gasteiger partial charge >= 0.3 is 11.8 Å². The number of carbonyl (C=O) groups excluding carboxylic acids is 2. The smallest absolute Gasteiger partial charge is 0.329 e. The zero-order valence-electron chi connectivity index (χ0n) is 16.6. The summed E-state index contributed by atoms with van der Waals surface area (Å²) in [6.07, 6.45) is 4.81. The van der Waals surface area contributed by atoms with Crippen LogP contribution in [0.2, 0.25) is 0 Å². The molecule has 0 fully saturated rings. The molecule has 7 nitrogen and oxygen atoms in total. The van der Waals surface area contributed by atoms with E-state index in [9.17, 15) is 9.59 Å². The Morgan fingerprint density at radius 3 is 2.66 bits per heavy atom. The van der Waals surface area contributed by atoms with Crippen molar-refractivity contribution in [2.45, 2.75) is 27.3 Å². The summed E-state index contributed by atoms with van der Waals surface area (Å²) in [7, 11) is 0. The molecular formula is C22H23N5O2. The second-order valence-electron chi connectivity index (χ2n) is 6.74. The summed E-state index contributed by atoms with van der Waals surface area (Å²) >= 11 is 0. The van der Waals surface area contributed by atoms with E-state index < -0.39 is 11.8 Å². The second kappa shape index (κ2) is 8.97. The molecule has 0 aliphatic carbocycles. The summed E-state index contributed by atoms with van der Waals surface area (Å²) in [5, 5.41) is 6.46. The molecule has 0 aliphatic rings. The molecule has 2 heterocycles. The van der Waals surface area contributed by atoms with Gasteiger partial charge in [-0.15, -0.1) is 0 Å². The Hall–Kier alpha value is -3.74. The zero-order valence-corrected chi connectivity index (χ0v) is 16.6. The molecule has 0 bridgehead atoms. The Kier molecular flexibility index (Phi) is 6.19. The molecule has 0 saturated carbocycles. The van der Waals surface area contributed by atoms with Crippen molar-refractivity contribution in [2.75, 3.05) is 0 Å². The van der Waals surface area contributed by atoms with Gasteiger partial charge in [-0.2, -0.15) is 5.10 Å². The lowest BCUT2D eigenvalue weighted by atomic mass is 10.2. The van der Waals surface area contributed by atoms with Gasteiger partial charge in [-0.25, -0.2) is 5.43 Å². The Labute approximate surface area is 169 Å². The Bertz CT molecular complexity index is 1050. The van der Waals surface area contributed by atoms with Crippen LogP contribution in [-0.2, 0) is 16.1 Å². The van der Waals surface area contributed by atoms with Crippen molar-refractivity contribution in [1.29, 1.82) is 0 Å². The first-order valence-electron chi connectivity index (χ1n) is 9.22. The van der Waals surface area contributed by atoms with Crippen molar-refractivity contribution < 1.29 is 9.59 Å². The van der Waals surface area contributed by atoms with Crippen molar-refractivity contribution in [3.63, 3.8) is 0 Å². The minimum Gasteiger partial charge on any atom is -0.344 e. The van der Waals surface area contributed by atoms with E-state index in [1.54, 1.807) is 24.7 Å². The molecule has 0 saturated heterocycles. The number of hydrogen-bond acceptors (Lipinski definition) is 4. The van der Waals surface area contributed by atoms with E-state index in [-0.39, 0.29) is 6.54 Å². The van der Waals surface area contributed by atoms with Crippen LogP contribution < -0.4 is 10.7 Å². The largest absolute Gasteiger partial charge is 0.344 e. The van der Waals surface area contributed by atoms with Crippen molar-refractivity contribution in [1.82, 2.24) is 20.3 Å². The number of pyridine rings is 1. The molecule has 148 valence electrons. The predicted octanol–water partition coefficient (Wildman–Crippen LogP) is 2.56. The molecule has 0 spiro atoms. The maximum absolute atomic E-state index is 11.9. The van der Waals surface area contributed by atoms with E-state index in [2.05, 4.69) is 44.5 Å². The van der Waals surface area contributed by atoms with E-state index in [1.807, 2.05) is 38.1 Å². The van der Waals surface area contributed by atoms with Gasteiger partial charge in [-0.1, -0.05) is 18.2 Å². The Balaban J connectivity index is 1.62. The lowest BCUT2D eigenvalue weighted by Crippen LogP contribution is -2.37. The minimum atomic E-state index is -0.822. The molecular weight excluding hydrogens is 366 g/mol. The number of amides is 2. The number of aromatic nitrogens is 2. The molecule has 7 heteroatoms. The maximum atomic E-state index is 11.9. The molecule has 1 aromatic carbocycles. The summed E-state index contributed by atoms with van der Waals surface area (Å²) in [6, 6.07) is 13.8. The molecule has 2 amide bonds. The molecule has 0 unspecified atom stereocenters. The molecule has 2 aromatic heterocycles. The highest BCUT2D eigenvalue weighted by atomic mass is 16.2. The molecule has 29 heavy (non-hydrogen) atoms. The van der Waals surface area contributed by atoms with Crippen LogP contribution in [0.15, 0.2) is 60.0 Å².